The maximum Gasteiger partial charge on any atom is 0.319 e. The molecule has 0 bridgehead atoms. The van der Waals surface area contributed by atoms with Crippen LogP contribution in [0.25, 0.3) is 0 Å². The molecule has 0 amide bonds. The van der Waals surface area contributed by atoms with Crippen LogP contribution in [0.1, 0.15) is 32.1 Å². The van der Waals surface area contributed by atoms with Gasteiger partial charge < -0.3 is 5.11 Å². The van der Waals surface area contributed by atoms with Crippen LogP contribution in [0.5, 0.6) is 0 Å². The number of aliphatic carboxylic acids is 1. The second-order valence-electron chi connectivity index (χ2n) is 4.21. The molecule has 0 aromatic carbocycles. The second kappa shape index (κ2) is 2.41. The molecule has 3 heteroatoms. The molecule has 0 radical (unpaired) electrons. The van der Waals surface area contributed by atoms with Crippen LogP contribution in [0.15, 0.2) is 0 Å². The first-order valence-corrected chi connectivity index (χ1v) is 5.64. The van der Waals surface area contributed by atoms with Crippen LogP contribution < -0.4 is 0 Å². The number of carboxylic acids is 1. The maximum absolute atomic E-state index is 10.9. The highest BCUT2D eigenvalue weighted by Gasteiger charge is 2.60. The molecule has 2 aliphatic rings. The van der Waals surface area contributed by atoms with E-state index in [9.17, 15) is 4.79 Å². The molecule has 0 heterocycles. The average Bonchev–Trinajstić information content (AvgIpc) is 1.82. The highest BCUT2D eigenvalue weighted by molar-refractivity contribution is 8.00. The summed E-state index contributed by atoms with van der Waals surface area (Å²) in [6, 6.07) is 0. The first-order chi connectivity index (χ1) is 5.63. The van der Waals surface area contributed by atoms with Gasteiger partial charge in [-0.1, -0.05) is 6.42 Å². The molecule has 68 valence electrons. The minimum absolute atomic E-state index is 0.416. The van der Waals surface area contributed by atoms with E-state index in [-0.39, 0.29) is 0 Å². The average molecular weight is 186 g/mol. The molecule has 0 atom stereocenters. The van der Waals surface area contributed by atoms with Crippen molar-refractivity contribution in [3.8, 4) is 0 Å². The quantitative estimate of drug-likeness (QED) is 0.718. The molecule has 0 aromatic rings. The van der Waals surface area contributed by atoms with Crippen LogP contribution in [0, 0.1) is 5.41 Å². The standard InChI is InChI=1S/C9H14O2S/c1-12-9(7(10)11)5-8(6-9)3-2-4-8/h2-6H2,1H3,(H,10,11). The normalized spacial score (nSPS) is 29.1. The van der Waals surface area contributed by atoms with Crippen molar-refractivity contribution in [1.82, 2.24) is 0 Å². The zero-order valence-corrected chi connectivity index (χ0v) is 8.12. The predicted molar refractivity (Wildman–Crippen MR) is 49.4 cm³/mol. The molecule has 1 spiro atoms. The second-order valence-corrected chi connectivity index (χ2v) is 5.40. The number of carbonyl (C=O) groups is 1. The summed E-state index contributed by atoms with van der Waals surface area (Å²) in [7, 11) is 0. The summed E-state index contributed by atoms with van der Waals surface area (Å²) in [5.74, 6) is -0.604. The van der Waals surface area contributed by atoms with E-state index in [4.69, 9.17) is 5.11 Å². The van der Waals surface area contributed by atoms with Gasteiger partial charge in [-0.3, -0.25) is 4.79 Å². The summed E-state index contributed by atoms with van der Waals surface area (Å²) in [5, 5.41) is 9.01. The number of hydrogen-bond acceptors (Lipinski definition) is 2. The first-order valence-electron chi connectivity index (χ1n) is 4.41. The molecule has 2 nitrogen and oxygen atoms in total. The van der Waals surface area contributed by atoms with Crippen LogP contribution >= 0.6 is 11.8 Å². The van der Waals surface area contributed by atoms with E-state index < -0.39 is 10.7 Å². The van der Waals surface area contributed by atoms with Crippen molar-refractivity contribution in [3.63, 3.8) is 0 Å². The third kappa shape index (κ3) is 0.920. The number of rotatable bonds is 2. The minimum Gasteiger partial charge on any atom is -0.480 e. The molecule has 0 aliphatic heterocycles. The molecule has 2 saturated carbocycles. The van der Waals surface area contributed by atoms with Crippen molar-refractivity contribution >= 4 is 17.7 Å². The smallest absolute Gasteiger partial charge is 0.319 e. The Balaban J connectivity index is 2.03. The summed E-state index contributed by atoms with van der Waals surface area (Å²) in [4.78, 5) is 10.9. The van der Waals surface area contributed by atoms with E-state index in [0.29, 0.717) is 5.41 Å². The Hall–Kier alpha value is -0.180. The third-order valence-electron chi connectivity index (χ3n) is 3.52. The van der Waals surface area contributed by atoms with Crippen LogP contribution in [-0.2, 0) is 4.79 Å². The van der Waals surface area contributed by atoms with E-state index in [1.54, 1.807) is 0 Å². The predicted octanol–water partition coefficient (Wildman–Crippen LogP) is 2.14. The van der Waals surface area contributed by atoms with Gasteiger partial charge >= 0.3 is 5.97 Å². The summed E-state index contributed by atoms with van der Waals surface area (Å²) < 4.78 is -0.416. The Morgan fingerprint density at radius 2 is 2.00 bits per heavy atom. The van der Waals surface area contributed by atoms with Gasteiger partial charge in [0.2, 0.25) is 0 Å². The zero-order valence-electron chi connectivity index (χ0n) is 7.30. The fourth-order valence-corrected chi connectivity index (χ4v) is 3.65. The van der Waals surface area contributed by atoms with Crippen molar-refractivity contribution in [2.75, 3.05) is 6.26 Å². The van der Waals surface area contributed by atoms with Crippen LogP contribution in [0.4, 0.5) is 0 Å². The number of thioether (sulfide) groups is 1. The van der Waals surface area contributed by atoms with Crippen molar-refractivity contribution in [2.45, 2.75) is 36.9 Å². The first kappa shape index (κ1) is 8.42. The van der Waals surface area contributed by atoms with Crippen molar-refractivity contribution in [3.05, 3.63) is 0 Å². The SMILES string of the molecule is CSC1(C(=O)O)CC2(CCC2)C1. The molecular formula is C9H14O2S. The summed E-state index contributed by atoms with van der Waals surface area (Å²) in [5.41, 5.74) is 0.460. The van der Waals surface area contributed by atoms with E-state index in [2.05, 4.69) is 0 Å². The van der Waals surface area contributed by atoms with Crippen molar-refractivity contribution in [1.29, 1.82) is 0 Å². The van der Waals surface area contributed by atoms with E-state index in [1.165, 1.54) is 31.0 Å². The highest BCUT2D eigenvalue weighted by atomic mass is 32.2. The van der Waals surface area contributed by atoms with E-state index in [0.717, 1.165) is 12.8 Å². The monoisotopic (exact) mass is 186 g/mol. The minimum atomic E-state index is -0.604. The largest absolute Gasteiger partial charge is 0.480 e. The number of carboxylic acid groups (broad SMARTS) is 1. The molecule has 12 heavy (non-hydrogen) atoms. The van der Waals surface area contributed by atoms with Gasteiger partial charge in [0.05, 0.1) is 0 Å². The van der Waals surface area contributed by atoms with Crippen molar-refractivity contribution < 1.29 is 9.90 Å². The summed E-state index contributed by atoms with van der Waals surface area (Å²) in [6.07, 6.45) is 7.59. The lowest BCUT2D eigenvalue weighted by Gasteiger charge is -2.58. The van der Waals surface area contributed by atoms with E-state index in [1.807, 2.05) is 6.26 Å². The van der Waals surface area contributed by atoms with E-state index >= 15 is 0 Å². The highest BCUT2D eigenvalue weighted by Crippen LogP contribution is 2.64. The Labute approximate surface area is 76.7 Å². The summed E-state index contributed by atoms with van der Waals surface area (Å²) >= 11 is 1.52. The number of hydrogen-bond donors (Lipinski definition) is 1. The van der Waals surface area contributed by atoms with Gasteiger partial charge in [0.1, 0.15) is 4.75 Å². The molecule has 2 aliphatic carbocycles. The topological polar surface area (TPSA) is 37.3 Å². The molecule has 2 rings (SSSR count). The molecular weight excluding hydrogens is 172 g/mol. The van der Waals surface area contributed by atoms with Gasteiger partial charge in [-0.25, -0.2) is 0 Å². The van der Waals surface area contributed by atoms with Crippen molar-refractivity contribution in [2.24, 2.45) is 5.41 Å². The van der Waals surface area contributed by atoms with Crippen LogP contribution in [0.2, 0.25) is 0 Å². The molecule has 0 saturated heterocycles. The fourth-order valence-electron chi connectivity index (χ4n) is 2.57. The molecule has 0 aromatic heterocycles. The Bertz CT molecular complexity index is 213. The van der Waals surface area contributed by atoms with Gasteiger partial charge in [0, 0.05) is 0 Å². The molecule has 1 N–H and O–H groups in total. The lowest BCUT2D eigenvalue weighted by atomic mass is 9.51. The Morgan fingerprint density at radius 3 is 2.25 bits per heavy atom. The van der Waals surface area contributed by atoms with Gasteiger partial charge in [-0.05, 0) is 37.4 Å². The molecule has 2 fully saturated rings. The Kier molecular flexibility index (Phi) is 1.69. The lowest BCUT2D eigenvalue weighted by molar-refractivity contribution is -0.149. The Morgan fingerprint density at radius 1 is 1.42 bits per heavy atom. The van der Waals surface area contributed by atoms with Crippen LogP contribution in [-0.4, -0.2) is 22.1 Å². The van der Waals surface area contributed by atoms with Crippen LogP contribution in [0.3, 0.4) is 0 Å². The van der Waals surface area contributed by atoms with Gasteiger partial charge in [-0.15, -0.1) is 11.8 Å². The zero-order chi connectivity index (χ0) is 8.82. The third-order valence-corrected chi connectivity index (χ3v) is 4.76. The van der Waals surface area contributed by atoms with Gasteiger partial charge in [0.15, 0.2) is 0 Å². The lowest BCUT2D eigenvalue weighted by Crippen LogP contribution is -2.57. The van der Waals surface area contributed by atoms with Gasteiger partial charge in [0.25, 0.3) is 0 Å². The summed E-state index contributed by atoms with van der Waals surface area (Å²) in [6.45, 7) is 0. The molecule has 0 unspecified atom stereocenters. The van der Waals surface area contributed by atoms with Gasteiger partial charge in [-0.2, -0.15) is 0 Å². The maximum atomic E-state index is 10.9. The fraction of sp³-hybridized carbons (Fsp3) is 0.889.